The van der Waals surface area contributed by atoms with E-state index in [1.54, 1.807) is 5.32 Å². The highest BCUT2D eigenvalue weighted by Crippen LogP contribution is 2.52. The van der Waals surface area contributed by atoms with E-state index in [1.807, 2.05) is 0 Å². The number of aromatic hydroxyl groups is 4. The van der Waals surface area contributed by atoms with Crippen LogP contribution < -0.4 is 77.3 Å². The highest BCUT2D eigenvalue weighted by atomic mass is 35.5. The molecule has 52 heteroatoms. The Hall–Kier alpha value is -13.2. The number of nitrogens with one attached hydrogen (secondary N) is 9. The summed E-state index contributed by atoms with van der Waals surface area (Å²) in [6.07, 6.45) is -28.9. The standard InChI is InChI=1S/C95H107Cl2N10O39P/c1-37(2)9-7-5-4-6-8-10-64(116)102-75-81(123)77(119)61(33-108)142-94(75)146-85-59-28-44-29-60(85)140-56-18-14-42(26-51(56)97)84(145-93-74(99-38(3)111)80(122)79(121)63(144-93)36-137-67(118)20-19-65(117)101-66(35-110)147(134,135)136)76-91(131)106-73(92(132)133)49-31-46(113)32-58(141-95-83(125)82(124)78(120)62(34-109)143-95)68(49)48-25-41(13-15-53(48)114)70(88(128)107-76)104-90(130)72(44)105-89(129)71-43-23-45(112)30-47(24-43)138-57-27-40(12-16-54(57)115)69(98)87(127)100-52(86(126)103-71)22-39-11-17-55(139-59)50(96)21-39/h11-18,21,23-32,35,37,52,61-63,66,69-84,93-95,108-109,112-115,119-125H,4-10,19-20,22,33-34,36,98H2,1-3H3,(H,99,111)(H,100,127)(H,101,117)(H,102,116)(H,103,126)(H,104,130)(H,105,129)(H,106,131)(H,107,128)(H,132,133)(H2,134,135,136)/t52-,61-,62-,63-,66?,69-,70-,71+,72-,73-,74-,75-,76+,77-,78-,79-,80-,81-,82+,83+,84-,93+,94+,95+/m1/s1. The van der Waals surface area contributed by atoms with E-state index < -0.39 is 365 Å². The second-order valence-electron chi connectivity index (χ2n) is 36.3. The summed E-state index contributed by atoms with van der Waals surface area (Å²) in [6.45, 7) is 1.76. The van der Waals surface area contributed by atoms with E-state index in [2.05, 4.69) is 56.4 Å². The Bertz CT molecular complexity index is 6220. The number of carbonyl (C=O) groups excluding carboxylic acids is 11. The topological polar surface area (TPSA) is 772 Å². The van der Waals surface area contributed by atoms with E-state index in [0.717, 1.165) is 118 Å². The Morgan fingerprint density at radius 2 is 1.10 bits per heavy atom. The van der Waals surface area contributed by atoms with Crippen LogP contribution in [0.15, 0.2) is 115 Å². The number of aldehydes is 1. The zero-order valence-electron chi connectivity index (χ0n) is 78.0. The van der Waals surface area contributed by atoms with Gasteiger partial charge in [-0.2, -0.15) is 0 Å². The summed E-state index contributed by atoms with van der Waals surface area (Å²) in [5, 5.41) is 183. The molecule has 0 aliphatic carbocycles. The number of phenols is 4. The van der Waals surface area contributed by atoms with Gasteiger partial charge in [0, 0.05) is 55.0 Å². The second kappa shape index (κ2) is 46.9. The number of hydrogen-bond donors (Lipinski definition) is 26. The molecule has 16 rings (SSSR count). The third-order valence-electron chi connectivity index (χ3n) is 25.2. The van der Waals surface area contributed by atoms with Gasteiger partial charge in [-0.25, -0.2) is 4.79 Å². The largest absolute Gasteiger partial charge is 0.508 e. The van der Waals surface area contributed by atoms with Crippen molar-refractivity contribution >= 4 is 102 Å². The molecule has 1 unspecified atom stereocenters. The SMILES string of the molecule is CC(=O)N[C@H]1[C@H](O[C@@H]2c3ccc(c(Cl)c3)Oc3cc4cc(c3O[C@@H]3O[C@H](CO)[C@@H](O)[C@H](O)[C@H]3NC(=O)CCCCCCCC(C)C)Oc3ccc(cc3Cl)C[C@H]3NC(=O)[C@H](N)c5ccc(O)c(c5)Oc5cc(O)cc(c5)[C@H](NC3=O)C(=O)N[C@H]4C(=O)N[C@H]3C(=O)N[C@@H]2C(=O)N[C@@H](C(=O)O)c2cc(O)cc(O[C@H]4O[C@H](CO)[C@@H](O)[C@H](O)[C@@H]4O)c2-c2cc3ccc2O)O[C@H](COC(=O)CCC(=O)NC(C=O)P(=O)(O)O)[C@@H](O)[C@@H]1O. The molecule has 0 radical (unpaired) electrons. The summed E-state index contributed by atoms with van der Waals surface area (Å²) in [5.41, 5.74) is 2.24. The number of carboxylic acid groups (broad SMARTS) is 1. The van der Waals surface area contributed by atoms with Crippen LogP contribution in [0.25, 0.3) is 11.1 Å². The van der Waals surface area contributed by atoms with Crippen LogP contribution in [0.2, 0.25) is 10.0 Å². The molecule has 17 bridgehead atoms. The van der Waals surface area contributed by atoms with Crippen molar-refractivity contribution in [2.24, 2.45) is 11.7 Å². The normalized spacial score (nSPS) is 27.4. The first-order chi connectivity index (χ1) is 69.8. The number of aliphatic hydroxyl groups excluding tert-OH is 9. The molecule has 24 atom stereocenters. The Morgan fingerprint density at radius 3 is 1.74 bits per heavy atom. The van der Waals surface area contributed by atoms with Crippen LogP contribution in [0.4, 0.5) is 0 Å². The molecule has 9 amide bonds. The fourth-order valence-electron chi connectivity index (χ4n) is 17.5. The van der Waals surface area contributed by atoms with Gasteiger partial charge in [-0.3, -0.25) is 52.5 Å². The molecule has 0 aromatic heterocycles. The average molecular weight is 2110 g/mol. The van der Waals surface area contributed by atoms with Gasteiger partial charge in [0.1, 0.15) is 162 Å². The van der Waals surface area contributed by atoms with E-state index in [-0.39, 0.29) is 34.6 Å². The zero-order valence-corrected chi connectivity index (χ0v) is 80.4. The first-order valence-corrected chi connectivity index (χ1v) is 48.6. The number of phenolic OH excluding ortho intramolecular Hbond substituents is 4. The van der Waals surface area contributed by atoms with E-state index >= 15 is 24.0 Å². The molecule has 790 valence electrons. The van der Waals surface area contributed by atoms with Crippen LogP contribution >= 0.6 is 30.8 Å². The van der Waals surface area contributed by atoms with Gasteiger partial charge < -0.3 is 187 Å². The average Bonchev–Trinajstić information content (AvgIpc) is 0.754. The minimum atomic E-state index is -5.28. The Balaban J connectivity index is 1.01. The minimum Gasteiger partial charge on any atom is -0.508 e. The van der Waals surface area contributed by atoms with Gasteiger partial charge >= 0.3 is 19.5 Å². The third kappa shape index (κ3) is 25.4. The molecule has 3 fully saturated rings. The van der Waals surface area contributed by atoms with Gasteiger partial charge in [0.2, 0.25) is 71.5 Å². The van der Waals surface area contributed by atoms with Crippen molar-refractivity contribution in [3.05, 3.63) is 164 Å². The summed E-state index contributed by atoms with van der Waals surface area (Å²) >= 11 is 14.8. The molecular formula is C95H107Cl2N10O39P. The number of carboxylic acids is 1. The summed E-state index contributed by atoms with van der Waals surface area (Å²) in [7, 11) is -5.28. The Labute approximate surface area is 843 Å². The fraction of sp³-hybridized carbons (Fsp3) is 0.432. The summed E-state index contributed by atoms with van der Waals surface area (Å²) < 4.78 is 75.1. The molecule has 27 N–H and O–H groups in total. The Kier molecular flexibility index (Phi) is 34.9. The van der Waals surface area contributed by atoms with Crippen LogP contribution in [0, 0.1) is 5.92 Å². The maximum Gasteiger partial charge on any atom is 0.355 e. The van der Waals surface area contributed by atoms with E-state index in [9.17, 15) is 119 Å². The van der Waals surface area contributed by atoms with E-state index in [0.29, 0.717) is 24.8 Å². The van der Waals surface area contributed by atoms with Crippen LogP contribution in [0.1, 0.15) is 154 Å². The van der Waals surface area contributed by atoms with Gasteiger partial charge in [0.05, 0.1) is 29.7 Å². The van der Waals surface area contributed by atoms with E-state index in [4.69, 9.17) is 76.3 Å². The zero-order chi connectivity index (χ0) is 106. The molecule has 7 aromatic rings. The number of carbonyl (C=O) groups is 12. The van der Waals surface area contributed by atoms with E-state index in [1.165, 1.54) is 24.3 Å². The lowest BCUT2D eigenvalue weighted by Gasteiger charge is -2.44. The number of aliphatic hydroxyl groups is 9. The molecule has 0 spiro atoms. The number of ether oxygens (including phenoxy) is 10. The predicted molar refractivity (Wildman–Crippen MR) is 501 cm³/mol. The van der Waals surface area contributed by atoms with Gasteiger partial charge in [0.15, 0.2) is 47.4 Å². The van der Waals surface area contributed by atoms with Gasteiger partial charge in [-0.05, 0) is 125 Å². The number of unbranched alkanes of at least 4 members (excludes halogenated alkanes) is 4. The van der Waals surface area contributed by atoms with Crippen molar-refractivity contribution < 1.29 is 191 Å². The van der Waals surface area contributed by atoms with Gasteiger partial charge in [-0.1, -0.05) is 93.4 Å². The molecule has 49 nitrogen and oxygen atoms in total. The van der Waals surface area contributed by atoms with Crippen molar-refractivity contribution in [1.29, 1.82) is 0 Å². The Morgan fingerprint density at radius 1 is 0.531 bits per heavy atom. The highest BCUT2D eigenvalue weighted by Gasteiger charge is 2.53. The van der Waals surface area contributed by atoms with Crippen molar-refractivity contribution in [2.75, 3.05) is 19.8 Å². The summed E-state index contributed by atoms with van der Waals surface area (Å²) in [5.74, 6) is -25.3. The molecule has 7 aromatic carbocycles. The fourth-order valence-corrected chi connectivity index (χ4v) is 18.5. The van der Waals surface area contributed by atoms with Crippen molar-refractivity contribution in [1.82, 2.24) is 47.9 Å². The lowest BCUT2D eigenvalue weighted by atomic mass is 9.89. The molecule has 3 saturated heterocycles. The maximum absolute atomic E-state index is 17.2. The van der Waals surface area contributed by atoms with Crippen molar-refractivity contribution in [2.45, 2.75) is 231 Å². The number of amides is 9. The van der Waals surface area contributed by atoms with Gasteiger partial charge in [0.25, 0.3) is 0 Å². The quantitative estimate of drug-likeness (QED) is 0.0145. The number of hydrogen-bond acceptors (Lipinski definition) is 37. The van der Waals surface area contributed by atoms with Gasteiger partial charge in [-0.15, -0.1) is 0 Å². The monoisotopic (exact) mass is 2110 g/mol. The smallest absolute Gasteiger partial charge is 0.355 e. The molecular weight excluding hydrogens is 2010 g/mol. The predicted octanol–water partition coefficient (Wildman–Crippen LogP) is 0.560. The number of esters is 1. The van der Waals surface area contributed by atoms with Crippen molar-refractivity contribution in [3.63, 3.8) is 0 Å². The maximum atomic E-state index is 17.2. The lowest BCUT2D eigenvalue weighted by Crippen LogP contribution is -2.65. The highest BCUT2D eigenvalue weighted by molar-refractivity contribution is 7.53. The van der Waals surface area contributed by atoms with Crippen LogP contribution in [-0.4, -0.2) is 282 Å². The number of benzene rings is 7. The number of rotatable bonds is 27. The molecule has 0 saturated carbocycles. The molecule has 147 heavy (non-hydrogen) atoms. The van der Waals surface area contributed by atoms with Crippen molar-refractivity contribution in [3.8, 4) is 80.1 Å². The van der Waals surface area contributed by atoms with Crippen LogP contribution in [0.5, 0.6) is 69.0 Å². The second-order valence-corrected chi connectivity index (χ2v) is 38.8. The number of halogens is 2. The number of fused-ring (bicyclic) bond motifs is 14. The minimum absolute atomic E-state index is 0.00133. The van der Waals surface area contributed by atoms with Crippen LogP contribution in [0.3, 0.4) is 0 Å². The molecule has 9 aliphatic heterocycles. The lowest BCUT2D eigenvalue weighted by molar-refractivity contribution is -0.285. The summed E-state index contributed by atoms with van der Waals surface area (Å²) in [6, 6.07) is -0.980. The van der Waals surface area contributed by atoms with Crippen LogP contribution in [-0.2, 0) is 92.2 Å². The summed E-state index contributed by atoms with van der Waals surface area (Å²) in [4.78, 5) is 197. The first-order valence-electron chi connectivity index (χ1n) is 46.2. The molecule has 9 aliphatic rings. The number of aliphatic carboxylic acids is 1. The first kappa shape index (κ1) is 109. The number of nitrogens with two attached hydrogens (primary N) is 1. The molecule has 9 heterocycles. The third-order valence-corrected chi connectivity index (χ3v) is 26.8.